The number of ether oxygens (including phenoxy) is 2. The topological polar surface area (TPSA) is 84.0 Å². The van der Waals surface area contributed by atoms with Crippen molar-refractivity contribution in [2.24, 2.45) is 4.99 Å². The standard InChI is InChI=1S/C16H24N4O3.HI/c1-3-17-15(21)11-23-13-6-5-12(9-14(13)22-2)10-20-16-18-7-4-8-19-16;/h5-6,9H,3-4,7-8,10-11H2,1-2H3,(H,17,21)(H2,18,19,20);1H. The van der Waals surface area contributed by atoms with E-state index in [2.05, 4.69) is 20.9 Å². The van der Waals surface area contributed by atoms with E-state index in [4.69, 9.17) is 9.47 Å². The fraction of sp³-hybridized carbons (Fsp3) is 0.500. The second-order valence-corrected chi connectivity index (χ2v) is 5.09. The van der Waals surface area contributed by atoms with Crippen LogP contribution in [-0.4, -0.2) is 45.2 Å². The second kappa shape index (κ2) is 11.0. The molecule has 0 saturated carbocycles. The van der Waals surface area contributed by atoms with Crippen LogP contribution in [0.3, 0.4) is 0 Å². The summed E-state index contributed by atoms with van der Waals surface area (Å²) in [5, 5.41) is 9.15. The number of hydrogen-bond acceptors (Lipinski definition) is 6. The Kier molecular flexibility index (Phi) is 9.28. The average Bonchev–Trinajstić information content (AvgIpc) is 2.59. The lowest BCUT2D eigenvalue weighted by molar-refractivity contribution is -0.123. The van der Waals surface area contributed by atoms with Crippen LogP contribution >= 0.6 is 24.0 Å². The highest BCUT2D eigenvalue weighted by atomic mass is 127. The van der Waals surface area contributed by atoms with Crippen LogP contribution in [0.4, 0.5) is 0 Å². The van der Waals surface area contributed by atoms with Crippen molar-refractivity contribution in [2.75, 3.05) is 33.4 Å². The van der Waals surface area contributed by atoms with Crippen molar-refractivity contribution in [3.8, 4) is 11.5 Å². The minimum absolute atomic E-state index is 0. The first-order chi connectivity index (χ1) is 11.2. The summed E-state index contributed by atoms with van der Waals surface area (Å²) in [6, 6.07) is 5.64. The van der Waals surface area contributed by atoms with Gasteiger partial charge in [0, 0.05) is 26.2 Å². The third-order valence-corrected chi connectivity index (χ3v) is 3.32. The molecule has 1 aromatic rings. The maximum atomic E-state index is 11.5. The highest BCUT2D eigenvalue weighted by molar-refractivity contribution is 14.0. The molecule has 24 heavy (non-hydrogen) atoms. The molecule has 1 aromatic carbocycles. The second-order valence-electron chi connectivity index (χ2n) is 5.09. The largest absolute Gasteiger partial charge is 0.493 e. The lowest BCUT2D eigenvalue weighted by Gasteiger charge is -2.17. The molecule has 0 fully saturated rings. The quantitative estimate of drug-likeness (QED) is 0.548. The van der Waals surface area contributed by atoms with Gasteiger partial charge in [0.1, 0.15) is 0 Å². The van der Waals surface area contributed by atoms with E-state index in [-0.39, 0.29) is 36.5 Å². The first-order valence-corrected chi connectivity index (χ1v) is 7.81. The summed E-state index contributed by atoms with van der Waals surface area (Å²) in [5.41, 5.74) is 1.04. The Morgan fingerprint density at radius 1 is 1.38 bits per heavy atom. The van der Waals surface area contributed by atoms with Crippen LogP contribution in [0.25, 0.3) is 0 Å². The van der Waals surface area contributed by atoms with Gasteiger partial charge in [-0.3, -0.25) is 9.79 Å². The number of amides is 1. The normalized spacial score (nSPS) is 13.0. The summed E-state index contributed by atoms with van der Waals surface area (Å²) in [6.07, 6.45) is 1.07. The van der Waals surface area contributed by atoms with E-state index in [9.17, 15) is 4.79 Å². The van der Waals surface area contributed by atoms with Gasteiger partial charge in [0.15, 0.2) is 24.1 Å². The van der Waals surface area contributed by atoms with E-state index in [0.29, 0.717) is 24.6 Å². The SMILES string of the molecule is CCNC(=O)COc1ccc(CNC2=NCCCN2)cc1OC.I. The number of methoxy groups -OCH3 is 1. The number of nitrogens with zero attached hydrogens (tertiary/aromatic N) is 1. The number of halogens is 1. The molecule has 0 atom stereocenters. The van der Waals surface area contributed by atoms with Crippen molar-refractivity contribution in [1.29, 1.82) is 0 Å². The molecule has 1 aliphatic heterocycles. The smallest absolute Gasteiger partial charge is 0.257 e. The summed E-state index contributed by atoms with van der Waals surface area (Å²) in [7, 11) is 1.58. The number of hydrogen-bond donors (Lipinski definition) is 3. The van der Waals surface area contributed by atoms with Crippen LogP contribution in [0.15, 0.2) is 23.2 Å². The van der Waals surface area contributed by atoms with Crippen LogP contribution < -0.4 is 25.4 Å². The number of aliphatic imine (C=N–C) groups is 1. The van der Waals surface area contributed by atoms with Crippen molar-refractivity contribution in [3.63, 3.8) is 0 Å². The molecule has 134 valence electrons. The predicted molar refractivity (Wildman–Crippen MR) is 104 cm³/mol. The van der Waals surface area contributed by atoms with Crippen molar-refractivity contribution in [3.05, 3.63) is 23.8 Å². The van der Waals surface area contributed by atoms with Gasteiger partial charge in [-0.25, -0.2) is 0 Å². The maximum Gasteiger partial charge on any atom is 0.257 e. The Balaban J connectivity index is 0.00000288. The van der Waals surface area contributed by atoms with Crippen LogP contribution in [0.2, 0.25) is 0 Å². The summed E-state index contributed by atoms with van der Waals surface area (Å²) in [6.45, 7) is 4.86. The van der Waals surface area contributed by atoms with Gasteiger partial charge in [-0.15, -0.1) is 24.0 Å². The number of carbonyl (C=O) groups is 1. The molecular weight excluding hydrogens is 423 g/mol. The predicted octanol–water partition coefficient (Wildman–Crippen LogP) is 1.27. The highest BCUT2D eigenvalue weighted by Crippen LogP contribution is 2.28. The Bertz CT molecular complexity index is 566. The minimum atomic E-state index is -0.151. The minimum Gasteiger partial charge on any atom is -0.493 e. The summed E-state index contributed by atoms with van der Waals surface area (Å²) in [4.78, 5) is 15.8. The molecule has 3 N–H and O–H groups in total. The number of rotatable bonds is 7. The van der Waals surface area contributed by atoms with Gasteiger partial charge < -0.3 is 25.4 Å². The molecule has 0 unspecified atom stereocenters. The third-order valence-electron chi connectivity index (χ3n) is 3.32. The van der Waals surface area contributed by atoms with Gasteiger partial charge in [0.05, 0.1) is 7.11 Å². The van der Waals surface area contributed by atoms with Gasteiger partial charge >= 0.3 is 0 Å². The zero-order valence-corrected chi connectivity index (χ0v) is 16.4. The molecule has 0 aromatic heterocycles. The molecule has 7 nitrogen and oxygen atoms in total. The Morgan fingerprint density at radius 3 is 2.88 bits per heavy atom. The van der Waals surface area contributed by atoms with E-state index in [1.54, 1.807) is 7.11 Å². The number of carbonyl (C=O) groups excluding carboxylic acids is 1. The van der Waals surface area contributed by atoms with Gasteiger partial charge in [0.25, 0.3) is 5.91 Å². The van der Waals surface area contributed by atoms with E-state index in [0.717, 1.165) is 31.0 Å². The number of guanidine groups is 1. The van der Waals surface area contributed by atoms with Crippen molar-refractivity contribution in [2.45, 2.75) is 19.9 Å². The Labute approximate surface area is 159 Å². The summed E-state index contributed by atoms with van der Waals surface area (Å²) in [5.74, 6) is 1.83. The average molecular weight is 448 g/mol. The van der Waals surface area contributed by atoms with Crippen LogP contribution in [0.5, 0.6) is 11.5 Å². The highest BCUT2D eigenvalue weighted by Gasteiger charge is 2.09. The monoisotopic (exact) mass is 448 g/mol. The van der Waals surface area contributed by atoms with Gasteiger partial charge in [-0.1, -0.05) is 6.07 Å². The Morgan fingerprint density at radius 2 is 2.21 bits per heavy atom. The Hall–Kier alpha value is -1.71. The fourth-order valence-corrected chi connectivity index (χ4v) is 2.17. The van der Waals surface area contributed by atoms with Crippen LogP contribution in [0.1, 0.15) is 18.9 Å². The van der Waals surface area contributed by atoms with Crippen molar-refractivity contribution >= 4 is 35.8 Å². The molecule has 1 amide bonds. The first kappa shape index (κ1) is 20.3. The van der Waals surface area contributed by atoms with Gasteiger partial charge in [-0.05, 0) is 31.0 Å². The third kappa shape index (κ3) is 6.42. The number of likely N-dealkylation sites (N-methyl/N-ethyl adjacent to an activating group) is 1. The molecular formula is C16H25IN4O3. The van der Waals surface area contributed by atoms with Crippen LogP contribution in [0, 0.1) is 0 Å². The first-order valence-electron chi connectivity index (χ1n) is 7.81. The molecule has 0 bridgehead atoms. The van der Waals surface area contributed by atoms with Crippen molar-refractivity contribution in [1.82, 2.24) is 16.0 Å². The summed E-state index contributed by atoms with van der Waals surface area (Å²) >= 11 is 0. The van der Waals surface area contributed by atoms with E-state index >= 15 is 0 Å². The van der Waals surface area contributed by atoms with E-state index in [1.165, 1.54) is 0 Å². The lowest BCUT2D eigenvalue weighted by atomic mass is 10.2. The molecule has 0 saturated heterocycles. The van der Waals surface area contributed by atoms with E-state index in [1.807, 2.05) is 25.1 Å². The van der Waals surface area contributed by atoms with Gasteiger partial charge in [0.2, 0.25) is 0 Å². The van der Waals surface area contributed by atoms with Gasteiger partial charge in [-0.2, -0.15) is 0 Å². The molecule has 0 radical (unpaired) electrons. The van der Waals surface area contributed by atoms with Crippen molar-refractivity contribution < 1.29 is 14.3 Å². The molecule has 0 aliphatic carbocycles. The molecule has 0 spiro atoms. The maximum absolute atomic E-state index is 11.5. The van der Waals surface area contributed by atoms with Crippen LogP contribution in [-0.2, 0) is 11.3 Å². The lowest BCUT2D eigenvalue weighted by Crippen LogP contribution is -2.40. The van der Waals surface area contributed by atoms with E-state index < -0.39 is 0 Å². The molecule has 2 rings (SSSR count). The fourth-order valence-electron chi connectivity index (χ4n) is 2.17. The summed E-state index contributed by atoms with van der Waals surface area (Å²) < 4.78 is 10.8. The zero-order chi connectivity index (χ0) is 16.5. The number of nitrogens with one attached hydrogen (secondary N) is 3. The number of benzene rings is 1. The molecule has 1 aliphatic rings. The molecule has 1 heterocycles. The zero-order valence-electron chi connectivity index (χ0n) is 14.1. The molecule has 8 heteroatoms.